The predicted octanol–water partition coefficient (Wildman–Crippen LogP) is 4.66. The number of carbonyl (C=O) groups excluding carboxylic acids is 1. The molecule has 3 aromatic heterocycles. The van der Waals surface area contributed by atoms with E-state index in [1.54, 1.807) is 13.3 Å². The number of aromatic nitrogens is 4. The molecule has 4 N–H and O–H groups in total. The Morgan fingerprint density at radius 1 is 1.05 bits per heavy atom. The first-order valence-corrected chi connectivity index (χ1v) is 14.9. The van der Waals surface area contributed by atoms with Crippen molar-refractivity contribution in [1.82, 2.24) is 24.0 Å². The molecule has 0 radical (unpaired) electrons. The smallest absolute Gasteiger partial charge is 0.254 e. The van der Waals surface area contributed by atoms with E-state index >= 15 is 0 Å². The number of likely N-dealkylation sites (tertiary alicyclic amines) is 1. The van der Waals surface area contributed by atoms with Crippen molar-refractivity contribution in [3.63, 3.8) is 0 Å². The normalized spacial score (nSPS) is 21.6. The minimum Gasteiger partial charge on any atom is -0.494 e. The fourth-order valence-electron chi connectivity index (χ4n) is 7.17. The molecular formula is C33H35N7O2. The number of rotatable bonds is 7. The molecule has 2 aromatic carbocycles. The van der Waals surface area contributed by atoms with Gasteiger partial charge in [0, 0.05) is 47.8 Å². The summed E-state index contributed by atoms with van der Waals surface area (Å²) in [5.74, 6) is 3.01. The van der Waals surface area contributed by atoms with E-state index < -0.39 is 0 Å². The molecule has 214 valence electrons. The van der Waals surface area contributed by atoms with Gasteiger partial charge in [0.25, 0.3) is 5.91 Å². The number of benzene rings is 2. The van der Waals surface area contributed by atoms with Crippen LogP contribution in [0.25, 0.3) is 33.5 Å². The Morgan fingerprint density at radius 3 is 2.62 bits per heavy atom. The first kappa shape index (κ1) is 25.3. The molecule has 3 fully saturated rings. The van der Waals surface area contributed by atoms with E-state index in [-0.39, 0.29) is 18.0 Å². The van der Waals surface area contributed by atoms with E-state index in [0.717, 1.165) is 54.0 Å². The van der Waals surface area contributed by atoms with Crippen LogP contribution in [0.3, 0.4) is 0 Å². The molecule has 2 aliphatic carbocycles. The van der Waals surface area contributed by atoms with Crippen LogP contribution in [0.1, 0.15) is 41.6 Å². The van der Waals surface area contributed by atoms with Crippen molar-refractivity contribution in [2.45, 2.75) is 50.9 Å². The van der Waals surface area contributed by atoms with Crippen LogP contribution in [0.4, 0.5) is 5.82 Å². The molecule has 3 aliphatic rings. The number of hydrogen-bond donors (Lipinski definition) is 2. The molecular weight excluding hydrogens is 526 g/mol. The lowest BCUT2D eigenvalue weighted by Crippen LogP contribution is -2.41. The first-order chi connectivity index (χ1) is 20.5. The fraction of sp³-hybridized carbons (Fsp3) is 0.364. The fourth-order valence-corrected chi connectivity index (χ4v) is 7.17. The number of hydrogen-bond acceptors (Lipinski definition) is 6. The van der Waals surface area contributed by atoms with Crippen molar-refractivity contribution >= 4 is 33.7 Å². The third-order valence-corrected chi connectivity index (χ3v) is 9.55. The summed E-state index contributed by atoms with van der Waals surface area (Å²) in [6.07, 6.45) is 6.37. The lowest BCUT2D eigenvalue weighted by atomic mass is 10.1. The van der Waals surface area contributed by atoms with Gasteiger partial charge in [0.2, 0.25) is 0 Å². The molecule has 1 amide bonds. The summed E-state index contributed by atoms with van der Waals surface area (Å²) in [5.41, 5.74) is 17.8. The average molecular weight is 562 g/mol. The van der Waals surface area contributed by atoms with Gasteiger partial charge in [-0.2, -0.15) is 0 Å². The molecule has 0 spiro atoms. The van der Waals surface area contributed by atoms with Gasteiger partial charge in [0.1, 0.15) is 17.1 Å². The number of fused-ring (bicyclic) bond motifs is 4. The van der Waals surface area contributed by atoms with Crippen molar-refractivity contribution in [2.75, 3.05) is 19.4 Å². The number of pyridine rings is 1. The van der Waals surface area contributed by atoms with Gasteiger partial charge in [-0.15, -0.1) is 0 Å². The molecule has 1 saturated heterocycles. The van der Waals surface area contributed by atoms with Gasteiger partial charge < -0.3 is 30.2 Å². The Labute approximate surface area is 244 Å². The lowest BCUT2D eigenvalue weighted by molar-refractivity contribution is 0.0700. The molecule has 3 atom stereocenters. The van der Waals surface area contributed by atoms with Crippen LogP contribution in [-0.4, -0.2) is 55.6 Å². The molecule has 0 unspecified atom stereocenters. The number of anilines is 1. The molecule has 5 aromatic rings. The van der Waals surface area contributed by atoms with Crippen molar-refractivity contribution in [1.29, 1.82) is 0 Å². The van der Waals surface area contributed by atoms with Crippen molar-refractivity contribution in [3.05, 3.63) is 71.9 Å². The number of nitrogen functional groups attached to an aromatic ring is 1. The zero-order valence-corrected chi connectivity index (χ0v) is 23.7. The summed E-state index contributed by atoms with van der Waals surface area (Å²) in [4.78, 5) is 25.4. The maximum absolute atomic E-state index is 13.8. The second kappa shape index (κ2) is 9.59. The first-order valence-electron chi connectivity index (χ1n) is 14.9. The summed E-state index contributed by atoms with van der Waals surface area (Å²) in [6, 6.07) is 18.5. The number of nitrogens with two attached hydrogens (primary N) is 2. The highest BCUT2D eigenvalue weighted by Gasteiger charge is 2.47. The molecule has 2 saturated carbocycles. The Hall–Kier alpha value is -4.37. The zero-order valence-electron chi connectivity index (χ0n) is 23.7. The molecule has 8 rings (SSSR count). The summed E-state index contributed by atoms with van der Waals surface area (Å²) in [5, 5.41) is 1.18. The van der Waals surface area contributed by atoms with Gasteiger partial charge in [0.15, 0.2) is 5.82 Å². The maximum Gasteiger partial charge on any atom is 0.254 e. The van der Waals surface area contributed by atoms with Crippen molar-refractivity contribution in [2.24, 2.45) is 17.6 Å². The van der Waals surface area contributed by atoms with E-state index in [9.17, 15) is 4.79 Å². The van der Waals surface area contributed by atoms with E-state index in [1.807, 2.05) is 29.2 Å². The average Bonchev–Trinajstić information content (AvgIpc) is 3.37. The Balaban J connectivity index is 1.31. The van der Waals surface area contributed by atoms with Crippen LogP contribution in [0.15, 0.2) is 60.8 Å². The molecule has 42 heavy (non-hydrogen) atoms. The predicted molar refractivity (Wildman–Crippen MR) is 163 cm³/mol. The minimum absolute atomic E-state index is 0.000434. The van der Waals surface area contributed by atoms with Crippen molar-refractivity contribution < 1.29 is 9.53 Å². The largest absolute Gasteiger partial charge is 0.494 e. The standard InChI is InChI=1S/C33H35N7O2/c1-42-28-14-23(33(41)39-18-22-9-10-26(39)30(22)35)12-24-31(28)40(17-20-8-11-29(34)36-15-20)32(37-24)27-13-21-4-2-3-5-25(21)38(27)16-19-6-7-19/h2-5,8,11-15,19,22,26,30H,6-7,9-10,16-18,35H2,1H3,(H2,34,36)/t22-,26-,30-/m1/s1. The van der Waals surface area contributed by atoms with E-state index in [1.165, 1.54) is 23.7 Å². The number of ether oxygens (including phenoxy) is 1. The van der Waals surface area contributed by atoms with Crippen LogP contribution < -0.4 is 16.2 Å². The number of methoxy groups -OCH3 is 1. The van der Waals surface area contributed by atoms with Gasteiger partial charge in [-0.05, 0) is 73.4 Å². The second-order valence-corrected chi connectivity index (χ2v) is 12.2. The van der Waals surface area contributed by atoms with Gasteiger partial charge in [-0.3, -0.25) is 4.79 Å². The SMILES string of the molecule is COc1cc(C(=O)N2C[C@H]3CC[C@@H]2[C@@H]3N)cc2nc(-c3cc4ccccc4n3CC3CC3)n(Cc3ccc(N)nc3)c12. The quantitative estimate of drug-likeness (QED) is 0.298. The summed E-state index contributed by atoms with van der Waals surface area (Å²) >= 11 is 0. The number of amides is 1. The Bertz CT molecular complexity index is 1840. The summed E-state index contributed by atoms with van der Waals surface area (Å²) in [7, 11) is 1.66. The highest BCUT2D eigenvalue weighted by molar-refractivity contribution is 6.00. The van der Waals surface area contributed by atoms with E-state index in [0.29, 0.717) is 35.5 Å². The Kier molecular flexibility index (Phi) is 5.79. The third kappa shape index (κ3) is 4.06. The van der Waals surface area contributed by atoms with Crippen LogP contribution in [-0.2, 0) is 13.1 Å². The van der Waals surface area contributed by atoms with Gasteiger partial charge in [-0.1, -0.05) is 24.3 Å². The number of nitrogens with zero attached hydrogens (tertiary/aromatic N) is 5. The van der Waals surface area contributed by atoms with E-state index in [2.05, 4.69) is 44.5 Å². The lowest BCUT2D eigenvalue weighted by Gasteiger charge is -2.27. The molecule has 4 heterocycles. The topological polar surface area (TPSA) is 117 Å². The molecule has 2 bridgehead atoms. The number of imidazole rings is 1. The second-order valence-electron chi connectivity index (χ2n) is 12.2. The summed E-state index contributed by atoms with van der Waals surface area (Å²) in [6.45, 7) is 2.20. The summed E-state index contributed by atoms with van der Waals surface area (Å²) < 4.78 is 10.6. The monoisotopic (exact) mass is 561 g/mol. The van der Waals surface area contributed by atoms with Gasteiger partial charge >= 0.3 is 0 Å². The molecule has 9 heteroatoms. The highest BCUT2D eigenvalue weighted by Crippen LogP contribution is 2.40. The van der Waals surface area contributed by atoms with Gasteiger partial charge in [-0.25, -0.2) is 9.97 Å². The highest BCUT2D eigenvalue weighted by atomic mass is 16.5. The van der Waals surface area contributed by atoms with E-state index in [4.69, 9.17) is 21.2 Å². The number of piperidine rings is 1. The van der Waals surface area contributed by atoms with Crippen molar-refractivity contribution in [3.8, 4) is 17.3 Å². The van der Waals surface area contributed by atoms with Gasteiger partial charge in [0.05, 0.1) is 24.9 Å². The minimum atomic E-state index is -0.000434. The Morgan fingerprint density at radius 2 is 1.90 bits per heavy atom. The maximum atomic E-state index is 13.8. The van der Waals surface area contributed by atoms with Crippen LogP contribution in [0, 0.1) is 11.8 Å². The van der Waals surface area contributed by atoms with Crippen LogP contribution in [0.2, 0.25) is 0 Å². The van der Waals surface area contributed by atoms with Crippen LogP contribution in [0.5, 0.6) is 5.75 Å². The molecule has 1 aliphatic heterocycles. The molecule has 9 nitrogen and oxygen atoms in total. The van der Waals surface area contributed by atoms with Crippen LogP contribution >= 0.6 is 0 Å². The number of para-hydroxylation sites is 1. The number of carbonyl (C=O) groups is 1. The third-order valence-electron chi connectivity index (χ3n) is 9.55. The zero-order chi connectivity index (χ0) is 28.5.